The van der Waals surface area contributed by atoms with Crippen LogP contribution in [0.4, 0.5) is 11.4 Å². The number of halogens is 2. The molecule has 1 aliphatic heterocycles. The smallest absolute Gasteiger partial charge is 0.248 e. The second kappa shape index (κ2) is 7.23. The minimum atomic E-state index is -0.302. The van der Waals surface area contributed by atoms with E-state index in [2.05, 4.69) is 21.2 Å². The quantitative estimate of drug-likeness (QED) is 0.758. The van der Waals surface area contributed by atoms with Crippen LogP contribution in [0.25, 0.3) is 6.08 Å². The molecule has 124 valence electrons. The summed E-state index contributed by atoms with van der Waals surface area (Å²) in [5, 5.41) is 3.15. The molecule has 0 unspecified atom stereocenters. The lowest BCUT2D eigenvalue weighted by atomic mass is 10.2. The summed E-state index contributed by atoms with van der Waals surface area (Å²) in [6.07, 6.45) is 4.32. The molecular formula is C17H14BrClN2O3. The number of benzene rings is 1. The minimum absolute atomic E-state index is 0.0706. The summed E-state index contributed by atoms with van der Waals surface area (Å²) in [6, 6.07) is 8.59. The van der Waals surface area contributed by atoms with E-state index in [1.54, 1.807) is 41.3 Å². The first-order valence-corrected chi connectivity index (χ1v) is 8.54. The monoisotopic (exact) mass is 408 g/mol. The normalized spacial score (nSPS) is 14.6. The van der Waals surface area contributed by atoms with E-state index < -0.39 is 0 Å². The Labute approximate surface area is 152 Å². The zero-order valence-electron chi connectivity index (χ0n) is 12.6. The van der Waals surface area contributed by atoms with Gasteiger partial charge in [-0.1, -0.05) is 11.6 Å². The maximum Gasteiger partial charge on any atom is 0.248 e. The number of nitrogens with zero attached hydrogens (tertiary/aromatic N) is 1. The highest BCUT2D eigenvalue weighted by molar-refractivity contribution is 9.10. The van der Waals surface area contributed by atoms with Crippen LogP contribution in [0.15, 0.2) is 45.5 Å². The highest BCUT2D eigenvalue weighted by atomic mass is 79.9. The van der Waals surface area contributed by atoms with Gasteiger partial charge in [0.25, 0.3) is 0 Å². The molecule has 24 heavy (non-hydrogen) atoms. The van der Waals surface area contributed by atoms with Gasteiger partial charge in [-0.15, -0.1) is 0 Å². The molecule has 7 heteroatoms. The maximum absolute atomic E-state index is 11.9. The van der Waals surface area contributed by atoms with Crippen molar-refractivity contribution in [3.8, 4) is 0 Å². The molecule has 0 radical (unpaired) electrons. The van der Waals surface area contributed by atoms with Gasteiger partial charge < -0.3 is 14.6 Å². The molecule has 0 saturated carbocycles. The summed E-state index contributed by atoms with van der Waals surface area (Å²) in [5.41, 5.74) is 1.24. The molecule has 0 atom stereocenters. The first-order valence-electron chi connectivity index (χ1n) is 7.37. The number of nitrogens with one attached hydrogen (secondary N) is 1. The third-order valence-electron chi connectivity index (χ3n) is 3.57. The first kappa shape index (κ1) is 16.8. The second-order valence-corrected chi connectivity index (χ2v) is 6.47. The van der Waals surface area contributed by atoms with E-state index in [1.807, 2.05) is 0 Å². The van der Waals surface area contributed by atoms with E-state index >= 15 is 0 Å². The van der Waals surface area contributed by atoms with Crippen LogP contribution >= 0.6 is 27.5 Å². The third kappa shape index (κ3) is 3.88. The summed E-state index contributed by atoms with van der Waals surface area (Å²) < 4.78 is 5.88. The van der Waals surface area contributed by atoms with Gasteiger partial charge in [0, 0.05) is 24.7 Å². The minimum Gasteiger partial charge on any atom is -0.450 e. The van der Waals surface area contributed by atoms with Gasteiger partial charge in [0.15, 0.2) is 4.67 Å². The number of hydrogen-bond donors (Lipinski definition) is 1. The molecule has 0 aliphatic carbocycles. The number of amides is 2. The fourth-order valence-electron chi connectivity index (χ4n) is 2.47. The summed E-state index contributed by atoms with van der Waals surface area (Å²) in [6.45, 7) is 0.672. The average molecular weight is 410 g/mol. The second-order valence-electron chi connectivity index (χ2n) is 5.28. The fourth-order valence-corrected chi connectivity index (χ4v) is 3.07. The van der Waals surface area contributed by atoms with Crippen molar-refractivity contribution >= 4 is 56.8 Å². The third-order valence-corrected chi connectivity index (χ3v) is 4.30. The first-order chi connectivity index (χ1) is 11.5. The van der Waals surface area contributed by atoms with Crippen molar-refractivity contribution in [2.75, 3.05) is 16.8 Å². The molecule has 2 aromatic rings. The number of rotatable bonds is 4. The topological polar surface area (TPSA) is 62.6 Å². The molecular weight excluding hydrogens is 396 g/mol. The molecule has 3 rings (SSSR count). The Morgan fingerprint density at radius 1 is 1.33 bits per heavy atom. The van der Waals surface area contributed by atoms with Crippen LogP contribution in [0.5, 0.6) is 0 Å². The molecule has 0 spiro atoms. The molecule has 1 N–H and O–H groups in total. The van der Waals surface area contributed by atoms with Gasteiger partial charge in [-0.3, -0.25) is 9.59 Å². The van der Waals surface area contributed by atoms with Gasteiger partial charge in [-0.05, 0) is 58.8 Å². The highest BCUT2D eigenvalue weighted by Crippen LogP contribution is 2.31. The number of anilines is 2. The molecule has 1 aliphatic rings. The van der Waals surface area contributed by atoms with Crippen LogP contribution in [0, 0.1) is 0 Å². The Morgan fingerprint density at radius 3 is 2.79 bits per heavy atom. The van der Waals surface area contributed by atoms with Gasteiger partial charge in [-0.25, -0.2) is 0 Å². The lowest BCUT2D eigenvalue weighted by Gasteiger charge is -2.17. The summed E-state index contributed by atoms with van der Waals surface area (Å²) in [4.78, 5) is 25.4. The summed E-state index contributed by atoms with van der Waals surface area (Å²) in [7, 11) is 0. The van der Waals surface area contributed by atoms with Crippen molar-refractivity contribution in [1.29, 1.82) is 0 Å². The van der Waals surface area contributed by atoms with E-state index in [4.69, 9.17) is 16.0 Å². The SMILES string of the molecule is O=C(C=Cc1ccc(Br)o1)Nc1ccc(N2CCCC2=O)c(Cl)c1. The molecule has 1 fully saturated rings. The van der Waals surface area contributed by atoms with Crippen molar-refractivity contribution in [2.45, 2.75) is 12.8 Å². The number of carbonyl (C=O) groups excluding carboxylic acids is 2. The van der Waals surface area contributed by atoms with Crippen LogP contribution in [0.3, 0.4) is 0 Å². The Balaban J connectivity index is 1.67. The van der Waals surface area contributed by atoms with Gasteiger partial charge >= 0.3 is 0 Å². The van der Waals surface area contributed by atoms with Crippen molar-refractivity contribution in [3.63, 3.8) is 0 Å². The Hall–Kier alpha value is -2.05. The van der Waals surface area contributed by atoms with Crippen LogP contribution in [-0.2, 0) is 9.59 Å². The Kier molecular flexibility index (Phi) is 5.06. The molecule has 1 aromatic carbocycles. The van der Waals surface area contributed by atoms with Gasteiger partial charge in [0.2, 0.25) is 11.8 Å². The zero-order valence-corrected chi connectivity index (χ0v) is 14.9. The van der Waals surface area contributed by atoms with Crippen molar-refractivity contribution in [3.05, 3.63) is 51.9 Å². The van der Waals surface area contributed by atoms with Crippen LogP contribution in [-0.4, -0.2) is 18.4 Å². The van der Waals surface area contributed by atoms with Crippen LogP contribution in [0.2, 0.25) is 5.02 Å². The van der Waals surface area contributed by atoms with E-state index in [-0.39, 0.29) is 11.8 Å². The lowest BCUT2D eigenvalue weighted by Crippen LogP contribution is -2.24. The predicted molar refractivity (Wildman–Crippen MR) is 97.1 cm³/mol. The van der Waals surface area contributed by atoms with Gasteiger partial charge in [0.05, 0.1) is 10.7 Å². The molecule has 2 amide bonds. The van der Waals surface area contributed by atoms with Crippen molar-refractivity contribution in [2.24, 2.45) is 0 Å². The van der Waals surface area contributed by atoms with E-state index in [1.165, 1.54) is 6.08 Å². The fraction of sp³-hybridized carbons (Fsp3) is 0.176. The number of carbonyl (C=O) groups is 2. The maximum atomic E-state index is 11.9. The highest BCUT2D eigenvalue weighted by Gasteiger charge is 2.23. The Morgan fingerprint density at radius 2 is 2.17 bits per heavy atom. The molecule has 1 aromatic heterocycles. The Bertz CT molecular complexity index is 816. The van der Waals surface area contributed by atoms with Gasteiger partial charge in [-0.2, -0.15) is 0 Å². The van der Waals surface area contributed by atoms with Gasteiger partial charge in [0.1, 0.15) is 5.76 Å². The largest absolute Gasteiger partial charge is 0.450 e. The van der Waals surface area contributed by atoms with Crippen molar-refractivity contribution in [1.82, 2.24) is 0 Å². The predicted octanol–water partition coefficient (Wildman–Crippen LogP) is 4.47. The molecule has 0 bridgehead atoms. The number of furan rings is 1. The average Bonchev–Trinajstić information content (AvgIpc) is 3.14. The van der Waals surface area contributed by atoms with E-state index in [9.17, 15) is 9.59 Å². The molecule has 1 saturated heterocycles. The van der Waals surface area contributed by atoms with E-state index in [0.717, 1.165) is 6.42 Å². The molecule has 2 heterocycles. The summed E-state index contributed by atoms with van der Waals surface area (Å²) >= 11 is 9.45. The van der Waals surface area contributed by atoms with Crippen LogP contribution in [0.1, 0.15) is 18.6 Å². The zero-order chi connectivity index (χ0) is 17.1. The lowest BCUT2D eigenvalue weighted by molar-refractivity contribution is -0.117. The van der Waals surface area contributed by atoms with Crippen LogP contribution < -0.4 is 10.2 Å². The molecule has 5 nitrogen and oxygen atoms in total. The van der Waals surface area contributed by atoms with E-state index in [0.29, 0.717) is 39.8 Å². The summed E-state index contributed by atoms with van der Waals surface area (Å²) in [5.74, 6) is 0.336. The standard InChI is InChI=1S/C17H14BrClN2O3/c18-15-7-4-12(24-15)5-8-16(22)20-11-3-6-14(13(19)10-11)21-9-1-2-17(21)23/h3-8,10H,1-2,9H2,(H,20,22). The van der Waals surface area contributed by atoms with Crippen molar-refractivity contribution < 1.29 is 14.0 Å². The number of hydrogen-bond acceptors (Lipinski definition) is 3.